The molecule has 0 rings (SSSR count). The fourth-order valence-corrected chi connectivity index (χ4v) is 2.66. The summed E-state index contributed by atoms with van der Waals surface area (Å²) in [6, 6.07) is 0.310. The molecule has 0 saturated heterocycles. The zero-order valence-electron chi connectivity index (χ0n) is 8.20. The highest BCUT2D eigenvalue weighted by Crippen LogP contribution is 2.29. The van der Waals surface area contributed by atoms with E-state index in [1.807, 2.05) is 0 Å². The lowest BCUT2D eigenvalue weighted by molar-refractivity contribution is -0.0327. The van der Waals surface area contributed by atoms with E-state index >= 15 is 0 Å². The molecule has 86 valence electrons. The van der Waals surface area contributed by atoms with Crippen molar-refractivity contribution in [1.82, 2.24) is 5.32 Å². The van der Waals surface area contributed by atoms with Crippen LogP contribution in [0, 0.1) is 5.92 Å². The lowest BCUT2D eigenvalue weighted by atomic mass is 10.1. The van der Waals surface area contributed by atoms with E-state index < -0.39 is 5.51 Å². The smallest absolute Gasteiger partial charge is 0.312 e. The summed E-state index contributed by atoms with van der Waals surface area (Å²) in [7, 11) is 0. The lowest BCUT2D eigenvalue weighted by Gasteiger charge is -2.19. The van der Waals surface area contributed by atoms with Gasteiger partial charge in [0.15, 0.2) is 0 Å². The van der Waals surface area contributed by atoms with Gasteiger partial charge >= 0.3 is 5.51 Å². The molecule has 0 aliphatic heterocycles. The van der Waals surface area contributed by atoms with Crippen LogP contribution in [0.5, 0.6) is 0 Å². The maximum absolute atomic E-state index is 11.8. The number of halogens is 4. The fraction of sp³-hybridized carbons (Fsp3) is 1.00. The molecule has 0 aliphatic carbocycles. The molecule has 0 heterocycles. The molecule has 6 heteroatoms. The molecule has 0 aliphatic rings. The Morgan fingerprint density at radius 3 is 2.29 bits per heavy atom. The van der Waals surface area contributed by atoms with Crippen LogP contribution in [-0.4, -0.2) is 28.3 Å². The molecule has 14 heavy (non-hydrogen) atoms. The first kappa shape index (κ1) is 14.8. The summed E-state index contributed by atoms with van der Waals surface area (Å²) < 4.78 is 36.2. The van der Waals surface area contributed by atoms with Gasteiger partial charge in [-0.05, 0) is 17.7 Å². The van der Waals surface area contributed by atoms with Crippen LogP contribution in [0.15, 0.2) is 0 Å². The minimum Gasteiger partial charge on any atom is -0.312 e. The maximum atomic E-state index is 11.8. The summed E-state index contributed by atoms with van der Waals surface area (Å²) in [5.74, 6) is 0.548. The Balaban J connectivity index is 3.52. The molecule has 0 aromatic heterocycles. The Morgan fingerprint density at radius 1 is 1.36 bits per heavy atom. The highest BCUT2D eigenvalue weighted by Gasteiger charge is 2.27. The SMILES string of the molecule is CC(C)C(CI)NCCSC(F)(F)F. The molecular formula is C8H15F3INS. The fourth-order valence-electron chi connectivity index (χ4n) is 0.880. The predicted octanol–water partition coefficient (Wildman–Crippen LogP) is 3.29. The first-order chi connectivity index (χ1) is 6.37. The monoisotopic (exact) mass is 341 g/mol. The molecule has 1 nitrogen and oxygen atoms in total. The van der Waals surface area contributed by atoms with Gasteiger partial charge in [-0.15, -0.1) is 0 Å². The quantitative estimate of drug-likeness (QED) is 0.452. The van der Waals surface area contributed by atoms with E-state index in [1.165, 1.54) is 0 Å². The second-order valence-electron chi connectivity index (χ2n) is 3.25. The zero-order chi connectivity index (χ0) is 11.2. The summed E-state index contributed by atoms with van der Waals surface area (Å²) in [6.45, 7) is 4.54. The second kappa shape index (κ2) is 7.16. The van der Waals surface area contributed by atoms with Crippen molar-refractivity contribution in [3.05, 3.63) is 0 Å². The van der Waals surface area contributed by atoms with E-state index in [9.17, 15) is 13.2 Å². The van der Waals surface area contributed by atoms with Gasteiger partial charge in [-0.1, -0.05) is 36.4 Å². The molecule has 1 unspecified atom stereocenters. The first-order valence-corrected chi connectivity index (χ1v) is 6.88. The van der Waals surface area contributed by atoms with Gasteiger partial charge in [-0.3, -0.25) is 0 Å². The zero-order valence-corrected chi connectivity index (χ0v) is 11.2. The highest BCUT2D eigenvalue weighted by molar-refractivity contribution is 14.1. The largest absolute Gasteiger partial charge is 0.441 e. The molecule has 0 spiro atoms. The number of alkyl halides is 4. The maximum Gasteiger partial charge on any atom is 0.441 e. The van der Waals surface area contributed by atoms with Crippen LogP contribution in [0.25, 0.3) is 0 Å². The Kier molecular flexibility index (Phi) is 7.59. The van der Waals surface area contributed by atoms with Gasteiger partial charge in [0.25, 0.3) is 0 Å². The third-order valence-electron chi connectivity index (χ3n) is 1.75. The van der Waals surface area contributed by atoms with Crippen LogP contribution in [0.1, 0.15) is 13.8 Å². The van der Waals surface area contributed by atoms with Gasteiger partial charge in [-0.2, -0.15) is 13.2 Å². The molecular weight excluding hydrogens is 326 g/mol. The van der Waals surface area contributed by atoms with E-state index in [1.54, 1.807) is 0 Å². The van der Waals surface area contributed by atoms with Crippen LogP contribution in [-0.2, 0) is 0 Å². The highest BCUT2D eigenvalue weighted by atomic mass is 127. The lowest BCUT2D eigenvalue weighted by Crippen LogP contribution is -2.36. The van der Waals surface area contributed by atoms with E-state index in [4.69, 9.17) is 0 Å². The van der Waals surface area contributed by atoms with Gasteiger partial charge < -0.3 is 5.32 Å². The van der Waals surface area contributed by atoms with E-state index in [0.717, 1.165) is 4.43 Å². The average molecular weight is 341 g/mol. The summed E-state index contributed by atoms with van der Waals surface area (Å²) in [5, 5.41) is 3.11. The van der Waals surface area contributed by atoms with Crippen LogP contribution in [0.4, 0.5) is 13.2 Å². The van der Waals surface area contributed by atoms with Crippen molar-refractivity contribution < 1.29 is 13.2 Å². The Bertz CT molecular complexity index is 152. The molecule has 0 radical (unpaired) electrons. The number of thioether (sulfide) groups is 1. The van der Waals surface area contributed by atoms with Crippen LogP contribution < -0.4 is 5.32 Å². The summed E-state index contributed by atoms with van der Waals surface area (Å²) in [4.78, 5) is 0. The van der Waals surface area contributed by atoms with Crippen molar-refractivity contribution in [3.63, 3.8) is 0 Å². The van der Waals surface area contributed by atoms with Gasteiger partial charge in [0, 0.05) is 22.8 Å². The van der Waals surface area contributed by atoms with Crippen molar-refractivity contribution in [2.45, 2.75) is 25.4 Å². The predicted molar refractivity (Wildman–Crippen MR) is 64.0 cm³/mol. The third-order valence-corrected chi connectivity index (χ3v) is 3.43. The molecule has 0 saturated carbocycles. The summed E-state index contributed by atoms with van der Waals surface area (Å²) in [6.07, 6.45) is 0. The molecule has 0 bridgehead atoms. The van der Waals surface area contributed by atoms with E-state index in [2.05, 4.69) is 41.8 Å². The van der Waals surface area contributed by atoms with E-state index in [-0.39, 0.29) is 17.5 Å². The number of nitrogens with one attached hydrogen (secondary N) is 1. The first-order valence-electron chi connectivity index (χ1n) is 4.37. The molecule has 1 N–H and O–H groups in total. The second-order valence-corrected chi connectivity index (χ2v) is 5.29. The minimum absolute atomic E-state index is 0.0328. The van der Waals surface area contributed by atoms with Gasteiger partial charge in [-0.25, -0.2) is 0 Å². The van der Waals surface area contributed by atoms with Gasteiger partial charge in [0.05, 0.1) is 0 Å². The molecule has 0 amide bonds. The Hall–Kier alpha value is 0.830. The van der Waals surface area contributed by atoms with Crippen molar-refractivity contribution in [2.75, 3.05) is 16.7 Å². The minimum atomic E-state index is -4.10. The van der Waals surface area contributed by atoms with Crippen molar-refractivity contribution >= 4 is 34.4 Å². The summed E-state index contributed by atoms with van der Waals surface area (Å²) in [5.41, 5.74) is -4.10. The number of rotatable bonds is 6. The topological polar surface area (TPSA) is 12.0 Å². The molecule has 0 fully saturated rings. The van der Waals surface area contributed by atoms with Crippen molar-refractivity contribution in [3.8, 4) is 0 Å². The average Bonchev–Trinajstić information content (AvgIpc) is 2.01. The number of hydrogen-bond acceptors (Lipinski definition) is 2. The molecule has 0 aromatic carbocycles. The van der Waals surface area contributed by atoms with Gasteiger partial charge in [0.1, 0.15) is 0 Å². The van der Waals surface area contributed by atoms with Crippen molar-refractivity contribution in [2.24, 2.45) is 5.92 Å². The van der Waals surface area contributed by atoms with Gasteiger partial charge in [0.2, 0.25) is 0 Å². The van der Waals surface area contributed by atoms with E-state index in [0.29, 0.717) is 18.5 Å². The van der Waals surface area contributed by atoms with Crippen LogP contribution in [0.2, 0.25) is 0 Å². The van der Waals surface area contributed by atoms with Crippen molar-refractivity contribution in [1.29, 1.82) is 0 Å². The third kappa shape index (κ3) is 8.16. The number of hydrogen-bond donors (Lipinski definition) is 1. The molecule has 0 aromatic rings. The van der Waals surface area contributed by atoms with Crippen LogP contribution in [0.3, 0.4) is 0 Å². The summed E-state index contributed by atoms with van der Waals surface area (Å²) >= 11 is 2.27. The standard InChI is InChI=1S/C8H15F3INS/c1-6(2)7(5-12)13-3-4-14-8(9,10)11/h6-7,13H,3-5H2,1-2H3. The van der Waals surface area contributed by atoms with Crippen LogP contribution >= 0.6 is 34.4 Å². The Labute approximate surface area is 101 Å². The normalized spacial score (nSPS) is 14.8. The Morgan fingerprint density at radius 2 is 1.93 bits per heavy atom. The molecule has 1 atom stereocenters.